The van der Waals surface area contributed by atoms with E-state index in [1.165, 1.54) is 4.90 Å². The molecule has 1 rings (SSSR count). The molecule has 0 saturated carbocycles. The summed E-state index contributed by atoms with van der Waals surface area (Å²) in [4.78, 5) is 5.47. The van der Waals surface area contributed by atoms with Crippen LogP contribution in [0.3, 0.4) is 0 Å². The zero-order valence-electron chi connectivity index (χ0n) is 9.48. The van der Waals surface area contributed by atoms with Gasteiger partial charge in [0.2, 0.25) is 0 Å². The molecule has 0 aliphatic heterocycles. The average Bonchev–Trinajstić information content (AvgIpc) is 2.34. The summed E-state index contributed by atoms with van der Waals surface area (Å²) in [7, 11) is 0. The maximum atomic E-state index is 7.49. The molecule has 0 spiro atoms. The molecule has 0 bridgehead atoms. The van der Waals surface area contributed by atoms with Crippen LogP contribution in [0.1, 0.15) is 5.69 Å². The summed E-state index contributed by atoms with van der Waals surface area (Å²) in [5.41, 5.74) is 6.05. The van der Waals surface area contributed by atoms with E-state index >= 15 is 0 Å². The van der Waals surface area contributed by atoms with Crippen molar-refractivity contribution in [1.82, 2.24) is 15.2 Å². The fraction of sp³-hybridized carbons (Fsp3) is 0.182. The molecule has 0 aromatic carbocycles. The lowest BCUT2D eigenvalue weighted by Crippen LogP contribution is -2.46. The molecule has 0 amide bonds. The Labute approximate surface area is 116 Å². The van der Waals surface area contributed by atoms with Crippen LogP contribution in [-0.2, 0) is 6.54 Å². The number of nitrogens with zero attached hydrogens (tertiary/aromatic N) is 2. The van der Waals surface area contributed by atoms with Gasteiger partial charge in [-0.15, -0.1) is 6.42 Å². The molecule has 0 radical (unpaired) electrons. The Hall–Kier alpha value is -1.84. The van der Waals surface area contributed by atoms with Gasteiger partial charge in [0.15, 0.2) is 11.1 Å². The number of hydrogen-bond donors (Lipinski definition) is 3. The standard InChI is InChI=1S/C11H12ClN5S/c1-2-5-16-11(18)17(10(13)14)7-9-8(12)4-3-6-15-9/h1,3-4,6H,5,7H2,(H3,13,14)(H,16,18). The van der Waals surface area contributed by atoms with Gasteiger partial charge in [0, 0.05) is 6.20 Å². The second-order valence-electron chi connectivity index (χ2n) is 3.27. The van der Waals surface area contributed by atoms with Gasteiger partial charge in [-0.25, -0.2) is 0 Å². The van der Waals surface area contributed by atoms with Crippen molar-refractivity contribution in [2.45, 2.75) is 6.54 Å². The molecule has 0 fully saturated rings. The molecule has 1 aromatic rings. The summed E-state index contributed by atoms with van der Waals surface area (Å²) >= 11 is 11.1. The number of halogens is 1. The van der Waals surface area contributed by atoms with Crippen molar-refractivity contribution in [3.8, 4) is 12.3 Å². The highest BCUT2D eigenvalue weighted by Crippen LogP contribution is 2.14. The Morgan fingerprint density at radius 2 is 2.44 bits per heavy atom. The van der Waals surface area contributed by atoms with Gasteiger partial charge < -0.3 is 11.1 Å². The quantitative estimate of drug-likeness (QED) is 0.333. The monoisotopic (exact) mass is 281 g/mol. The highest BCUT2D eigenvalue weighted by atomic mass is 35.5. The number of guanidine groups is 1. The Kier molecular flexibility index (Phi) is 5.36. The first-order valence-corrected chi connectivity index (χ1v) is 5.77. The van der Waals surface area contributed by atoms with Crippen molar-refractivity contribution < 1.29 is 0 Å². The highest BCUT2D eigenvalue weighted by Gasteiger charge is 2.15. The molecule has 0 aliphatic rings. The van der Waals surface area contributed by atoms with Crippen LogP contribution in [0.5, 0.6) is 0 Å². The second-order valence-corrected chi connectivity index (χ2v) is 4.06. The third-order valence-electron chi connectivity index (χ3n) is 2.02. The molecule has 0 unspecified atom stereocenters. The van der Waals surface area contributed by atoms with Gasteiger partial charge in [-0.1, -0.05) is 17.5 Å². The third kappa shape index (κ3) is 3.87. The third-order valence-corrected chi connectivity index (χ3v) is 2.73. The molecule has 0 atom stereocenters. The first-order valence-electron chi connectivity index (χ1n) is 4.98. The number of terminal acetylenes is 1. The Morgan fingerprint density at radius 1 is 1.72 bits per heavy atom. The molecule has 4 N–H and O–H groups in total. The van der Waals surface area contributed by atoms with Crippen molar-refractivity contribution in [2.24, 2.45) is 5.73 Å². The van der Waals surface area contributed by atoms with Crippen LogP contribution in [-0.4, -0.2) is 27.5 Å². The fourth-order valence-electron chi connectivity index (χ4n) is 1.17. The minimum atomic E-state index is -0.203. The number of pyridine rings is 1. The van der Waals surface area contributed by atoms with Crippen LogP contribution in [0.15, 0.2) is 18.3 Å². The molecule has 7 heteroatoms. The summed E-state index contributed by atoms with van der Waals surface area (Å²) in [5, 5.41) is 11.0. The Morgan fingerprint density at radius 3 is 3.00 bits per heavy atom. The maximum absolute atomic E-state index is 7.49. The number of nitrogens with two attached hydrogens (primary N) is 1. The van der Waals surface area contributed by atoms with Crippen molar-refractivity contribution in [1.29, 1.82) is 5.41 Å². The van der Waals surface area contributed by atoms with E-state index in [-0.39, 0.29) is 24.2 Å². The fourth-order valence-corrected chi connectivity index (χ4v) is 1.59. The summed E-state index contributed by atoms with van der Waals surface area (Å²) in [6.07, 6.45) is 6.73. The van der Waals surface area contributed by atoms with E-state index in [9.17, 15) is 0 Å². The van der Waals surface area contributed by atoms with Crippen LogP contribution in [0, 0.1) is 17.8 Å². The van der Waals surface area contributed by atoms with E-state index in [2.05, 4.69) is 16.2 Å². The lowest BCUT2D eigenvalue weighted by molar-refractivity contribution is 0.571. The van der Waals surface area contributed by atoms with Gasteiger partial charge in [0.25, 0.3) is 0 Å². The highest BCUT2D eigenvalue weighted by molar-refractivity contribution is 7.80. The van der Waals surface area contributed by atoms with Gasteiger partial charge in [0.1, 0.15) is 0 Å². The zero-order chi connectivity index (χ0) is 13.5. The van der Waals surface area contributed by atoms with Crippen molar-refractivity contribution >= 4 is 34.9 Å². The van der Waals surface area contributed by atoms with Gasteiger partial charge in [-0.2, -0.15) is 0 Å². The largest absolute Gasteiger partial charge is 0.370 e. The molecule has 0 saturated heterocycles. The minimum absolute atomic E-state index is 0.203. The van der Waals surface area contributed by atoms with Crippen molar-refractivity contribution in [3.05, 3.63) is 29.0 Å². The zero-order valence-corrected chi connectivity index (χ0v) is 11.1. The van der Waals surface area contributed by atoms with Crippen LogP contribution in [0.25, 0.3) is 0 Å². The summed E-state index contributed by atoms with van der Waals surface area (Å²) < 4.78 is 0. The minimum Gasteiger partial charge on any atom is -0.370 e. The lowest BCUT2D eigenvalue weighted by atomic mass is 10.3. The average molecular weight is 282 g/mol. The van der Waals surface area contributed by atoms with Gasteiger partial charge in [-0.05, 0) is 24.4 Å². The smallest absolute Gasteiger partial charge is 0.195 e. The molecular weight excluding hydrogens is 270 g/mol. The number of rotatable bonds is 3. The van der Waals surface area contributed by atoms with Gasteiger partial charge in [0.05, 0.1) is 23.8 Å². The van der Waals surface area contributed by atoms with E-state index in [0.717, 1.165) is 0 Å². The number of hydrogen-bond acceptors (Lipinski definition) is 3. The molecule has 18 heavy (non-hydrogen) atoms. The first-order chi connectivity index (χ1) is 8.56. The SMILES string of the molecule is C#CCNC(=S)N(Cc1ncccc1Cl)C(=N)N. The van der Waals surface area contributed by atoms with Gasteiger partial charge in [-0.3, -0.25) is 15.3 Å². The summed E-state index contributed by atoms with van der Waals surface area (Å²) in [6.45, 7) is 0.476. The molecule has 1 aromatic heterocycles. The van der Waals surface area contributed by atoms with Crippen LogP contribution in [0.2, 0.25) is 5.02 Å². The first kappa shape index (κ1) is 14.2. The molecule has 0 aliphatic carbocycles. The predicted molar refractivity (Wildman–Crippen MR) is 76.1 cm³/mol. The van der Waals surface area contributed by atoms with E-state index in [1.807, 2.05) is 0 Å². The summed E-state index contributed by atoms with van der Waals surface area (Å²) in [5.74, 6) is 2.19. The molecule has 94 valence electrons. The maximum Gasteiger partial charge on any atom is 0.195 e. The predicted octanol–water partition coefficient (Wildman–Crippen LogP) is 0.938. The van der Waals surface area contributed by atoms with Crippen molar-refractivity contribution in [3.63, 3.8) is 0 Å². The normalized spacial score (nSPS) is 9.33. The Bertz CT molecular complexity index is 496. The van der Waals surface area contributed by atoms with Gasteiger partial charge >= 0.3 is 0 Å². The number of nitrogens with one attached hydrogen (secondary N) is 2. The van der Waals surface area contributed by atoms with Crippen LogP contribution < -0.4 is 11.1 Å². The Balaban J connectivity index is 2.82. The van der Waals surface area contributed by atoms with Crippen LogP contribution in [0.4, 0.5) is 0 Å². The second kappa shape index (κ2) is 6.79. The van der Waals surface area contributed by atoms with E-state index in [4.69, 9.17) is 41.4 Å². The topological polar surface area (TPSA) is 78.0 Å². The van der Waals surface area contributed by atoms with E-state index in [1.54, 1.807) is 18.3 Å². The number of thiocarbonyl (C=S) groups is 1. The van der Waals surface area contributed by atoms with E-state index in [0.29, 0.717) is 10.7 Å². The van der Waals surface area contributed by atoms with E-state index < -0.39 is 0 Å². The number of aromatic nitrogens is 1. The van der Waals surface area contributed by atoms with Crippen LogP contribution >= 0.6 is 23.8 Å². The molecular formula is C11H12ClN5S. The van der Waals surface area contributed by atoms with Crippen molar-refractivity contribution in [2.75, 3.05) is 6.54 Å². The molecule has 1 heterocycles. The molecule has 5 nitrogen and oxygen atoms in total. The summed E-state index contributed by atoms with van der Waals surface area (Å²) in [6, 6.07) is 3.43. The lowest BCUT2D eigenvalue weighted by Gasteiger charge is -2.23.